The van der Waals surface area contributed by atoms with Gasteiger partial charge in [-0.25, -0.2) is 0 Å². The van der Waals surface area contributed by atoms with Gasteiger partial charge in [0, 0.05) is 18.7 Å². The lowest BCUT2D eigenvalue weighted by atomic mass is 9.63. The van der Waals surface area contributed by atoms with Gasteiger partial charge in [-0.2, -0.15) is 0 Å². The van der Waals surface area contributed by atoms with E-state index in [-0.39, 0.29) is 0 Å². The molecule has 0 radical (unpaired) electrons. The van der Waals surface area contributed by atoms with Crippen LogP contribution in [0.25, 0.3) is 0 Å². The maximum atomic E-state index is 9.06. The Hall–Kier alpha value is -0.0800. The van der Waals surface area contributed by atoms with E-state index in [1.54, 1.807) is 0 Å². The summed E-state index contributed by atoms with van der Waals surface area (Å²) in [6, 6.07) is 1.10. The average molecular weight is 241 g/mol. The molecule has 0 heterocycles. The van der Waals surface area contributed by atoms with Gasteiger partial charge in [-0.1, -0.05) is 34.6 Å². The number of nitrogens with one attached hydrogen (secondary N) is 1. The molecule has 0 aromatic carbocycles. The molecule has 1 aliphatic rings. The van der Waals surface area contributed by atoms with E-state index in [2.05, 4.69) is 39.9 Å². The zero-order valence-electron chi connectivity index (χ0n) is 12.3. The zero-order valence-corrected chi connectivity index (χ0v) is 12.3. The van der Waals surface area contributed by atoms with Crippen molar-refractivity contribution in [3.8, 4) is 0 Å². The normalized spacial score (nSPS) is 25.8. The Kier molecular flexibility index (Phi) is 5.03. The quantitative estimate of drug-likeness (QED) is 0.773. The molecule has 0 aromatic rings. The van der Waals surface area contributed by atoms with Crippen molar-refractivity contribution >= 4 is 0 Å². The van der Waals surface area contributed by atoms with Crippen LogP contribution in [0.1, 0.15) is 66.7 Å². The third kappa shape index (κ3) is 4.97. The van der Waals surface area contributed by atoms with Crippen LogP contribution >= 0.6 is 0 Å². The van der Waals surface area contributed by atoms with Crippen molar-refractivity contribution in [1.82, 2.24) is 5.32 Å². The van der Waals surface area contributed by atoms with E-state index in [0.717, 1.165) is 12.8 Å². The fraction of sp³-hybridized carbons (Fsp3) is 1.00. The van der Waals surface area contributed by atoms with Crippen LogP contribution in [0.5, 0.6) is 0 Å². The topological polar surface area (TPSA) is 32.3 Å². The van der Waals surface area contributed by atoms with Gasteiger partial charge in [-0.05, 0) is 42.9 Å². The van der Waals surface area contributed by atoms with Gasteiger partial charge in [0.05, 0.1) is 0 Å². The summed E-state index contributed by atoms with van der Waals surface area (Å²) in [6.07, 6.45) is 5.83. The van der Waals surface area contributed by atoms with Crippen molar-refractivity contribution in [2.75, 3.05) is 6.61 Å². The van der Waals surface area contributed by atoms with E-state index in [1.165, 1.54) is 19.3 Å². The van der Waals surface area contributed by atoms with E-state index in [1.807, 2.05) is 0 Å². The lowest BCUT2D eigenvalue weighted by molar-refractivity contribution is 0.0780. The van der Waals surface area contributed by atoms with Gasteiger partial charge >= 0.3 is 0 Å². The maximum Gasteiger partial charge on any atom is 0.0445 e. The Morgan fingerprint density at radius 3 is 2.12 bits per heavy atom. The summed E-state index contributed by atoms with van der Waals surface area (Å²) in [5, 5.41) is 12.8. The van der Waals surface area contributed by atoms with Crippen LogP contribution in [-0.4, -0.2) is 23.8 Å². The summed E-state index contributed by atoms with van der Waals surface area (Å²) >= 11 is 0. The van der Waals surface area contributed by atoms with Crippen molar-refractivity contribution in [1.29, 1.82) is 0 Å². The minimum absolute atomic E-state index is 0.297. The molecular formula is C15H31NO. The molecule has 0 saturated heterocycles. The molecular weight excluding hydrogens is 210 g/mol. The highest BCUT2D eigenvalue weighted by atomic mass is 16.3. The number of hydrogen-bond donors (Lipinski definition) is 2. The van der Waals surface area contributed by atoms with Crippen molar-refractivity contribution < 1.29 is 5.11 Å². The van der Waals surface area contributed by atoms with Crippen LogP contribution in [0.4, 0.5) is 0 Å². The summed E-state index contributed by atoms with van der Waals surface area (Å²) < 4.78 is 0. The van der Waals surface area contributed by atoms with Gasteiger partial charge in [-0.3, -0.25) is 0 Å². The first-order valence-corrected chi connectivity index (χ1v) is 7.15. The molecule has 1 saturated carbocycles. The zero-order chi connectivity index (χ0) is 13.1. The van der Waals surface area contributed by atoms with E-state index < -0.39 is 0 Å². The second kappa shape index (κ2) is 5.71. The monoisotopic (exact) mass is 241 g/mol. The lowest BCUT2D eigenvalue weighted by Gasteiger charge is -2.46. The summed E-state index contributed by atoms with van der Waals surface area (Å²) in [6.45, 7) is 12.0. The maximum absolute atomic E-state index is 9.06. The van der Waals surface area contributed by atoms with Crippen molar-refractivity contribution in [3.63, 3.8) is 0 Å². The second-order valence-corrected chi connectivity index (χ2v) is 7.39. The fourth-order valence-electron chi connectivity index (χ4n) is 3.86. The number of rotatable bonds is 5. The highest BCUT2D eigenvalue weighted by Crippen LogP contribution is 2.45. The predicted octanol–water partition coefficient (Wildman–Crippen LogP) is 3.34. The molecule has 17 heavy (non-hydrogen) atoms. The third-order valence-corrected chi connectivity index (χ3v) is 4.00. The smallest absolute Gasteiger partial charge is 0.0445 e. The van der Waals surface area contributed by atoms with Crippen LogP contribution < -0.4 is 5.32 Å². The molecule has 1 aliphatic carbocycles. The Balaban J connectivity index is 2.58. The van der Waals surface area contributed by atoms with Crippen molar-refractivity contribution in [3.05, 3.63) is 0 Å². The fourth-order valence-corrected chi connectivity index (χ4v) is 3.86. The molecule has 1 fully saturated rings. The van der Waals surface area contributed by atoms with Gasteiger partial charge in [0.1, 0.15) is 0 Å². The first kappa shape index (κ1) is 15.0. The molecule has 2 N–H and O–H groups in total. The highest BCUT2D eigenvalue weighted by molar-refractivity contribution is 4.93. The van der Waals surface area contributed by atoms with Gasteiger partial charge < -0.3 is 10.4 Å². The van der Waals surface area contributed by atoms with E-state index in [0.29, 0.717) is 29.5 Å². The summed E-state index contributed by atoms with van der Waals surface area (Å²) in [4.78, 5) is 0. The molecule has 0 bridgehead atoms. The molecule has 102 valence electrons. The summed E-state index contributed by atoms with van der Waals surface area (Å²) in [7, 11) is 0. The summed E-state index contributed by atoms with van der Waals surface area (Å²) in [5.41, 5.74) is 0.883. The van der Waals surface area contributed by atoms with E-state index >= 15 is 0 Å². The van der Waals surface area contributed by atoms with Crippen LogP contribution in [0.15, 0.2) is 0 Å². The van der Waals surface area contributed by atoms with Gasteiger partial charge in [0.2, 0.25) is 0 Å². The van der Waals surface area contributed by atoms with Crippen molar-refractivity contribution in [2.45, 2.75) is 78.8 Å². The van der Waals surface area contributed by atoms with E-state index in [4.69, 9.17) is 5.11 Å². The van der Waals surface area contributed by atoms with Crippen LogP contribution in [0.2, 0.25) is 0 Å². The standard InChI is InChI=1S/C15H31NO/c1-6-12(7-8-17)16-13-9-14(2,3)11-15(4,5)10-13/h12-13,16-17H,6-11H2,1-5H3. The van der Waals surface area contributed by atoms with Crippen LogP contribution in [-0.2, 0) is 0 Å². The van der Waals surface area contributed by atoms with Gasteiger partial charge in [-0.15, -0.1) is 0 Å². The van der Waals surface area contributed by atoms with Crippen LogP contribution in [0.3, 0.4) is 0 Å². The lowest BCUT2D eigenvalue weighted by Crippen LogP contribution is -2.47. The Labute approximate surface area is 107 Å². The molecule has 0 amide bonds. The SMILES string of the molecule is CCC(CCO)NC1CC(C)(C)CC(C)(C)C1. The average Bonchev–Trinajstić information content (AvgIpc) is 2.11. The first-order valence-electron chi connectivity index (χ1n) is 7.15. The van der Waals surface area contributed by atoms with Crippen molar-refractivity contribution in [2.24, 2.45) is 10.8 Å². The first-order chi connectivity index (χ1) is 7.78. The van der Waals surface area contributed by atoms with E-state index in [9.17, 15) is 0 Å². The number of hydrogen-bond acceptors (Lipinski definition) is 2. The third-order valence-electron chi connectivity index (χ3n) is 4.00. The molecule has 0 spiro atoms. The Morgan fingerprint density at radius 1 is 1.18 bits per heavy atom. The largest absolute Gasteiger partial charge is 0.396 e. The number of aliphatic hydroxyl groups excluding tert-OH is 1. The molecule has 0 aliphatic heterocycles. The van der Waals surface area contributed by atoms with Gasteiger partial charge in [0.15, 0.2) is 0 Å². The number of aliphatic hydroxyl groups is 1. The molecule has 1 atom stereocenters. The summed E-state index contributed by atoms with van der Waals surface area (Å²) in [5.74, 6) is 0. The van der Waals surface area contributed by atoms with Gasteiger partial charge in [0.25, 0.3) is 0 Å². The minimum Gasteiger partial charge on any atom is -0.396 e. The highest BCUT2D eigenvalue weighted by Gasteiger charge is 2.38. The molecule has 1 unspecified atom stereocenters. The molecule has 1 rings (SSSR count). The minimum atomic E-state index is 0.297. The molecule has 2 heteroatoms. The molecule has 2 nitrogen and oxygen atoms in total. The Morgan fingerprint density at radius 2 is 1.71 bits per heavy atom. The predicted molar refractivity (Wildman–Crippen MR) is 74.1 cm³/mol. The van der Waals surface area contributed by atoms with Crippen LogP contribution in [0, 0.1) is 10.8 Å². The molecule has 0 aromatic heterocycles. The second-order valence-electron chi connectivity index (χ2n) is 7.39. The Bertz CT molecular complexity index is 219.